The van der Waals surface area contributed by atoms with Crippen molar-refractivity contribution in [1.29, 1.82) is 0 Å². The van der Waals surface area contributed by atoms with Crippen LogP contribution in [0.1, 0.15) is 36.6 Å². The number of amides is 2. The number of phenolic OH excluding ortho intramolecular Hbond substituents is 1. The van der Waals surface area contributed by atoms with E-state index in [2.05, 4.69) is 15.5 Å². The lowest BCUT2D eigenvalue weighted by molar-refractivity contribution is -0.138. The number of phenols is 1. The van der Waals surface area contributed by atoms with Crippen LogP contribution in [0.25, 0.3) is 10.9 Å². The molecule has 0 bridgehead atoms. The number of aromatic hydroxyl groups is 1. The van der Waals surface area contributed by atoms with Gasteiger partial charge in [0, 0.05) is 17.0 Å². The number of H-pyrrole nitrogens is 1. The molecule has 2 atom stereocenters. The van der Waals surface area contributed by atoms with Crippen molar-refractivity contribution in [3.63, 3.8) is 0 Å². The van der Waals surface area contributed by atoms with E-state index in [9.17, 15) is 19.8 Å². The van der Waals surface area contributed by atoms with Gasteiger partial charge in [-0.2, -0.15) is 5.10 Å². The first-order valence-electron chi connectivity index (χ1n) is 11.0. The van der Waals surface area contributed by atoms with Crippen LogP contribution < -0.4 is 5.32 Å². The van der Waals surface area contributed by atoms with Crippen molar-refractivity contribution in [2.45, 2.75) is 37.8 Å². The molecule has 1 saturated carbocycles. The Labute approximate surface area is 195 Å². The molecule has 2 heterocycles. The van der Waals surface area contributed by atoms with E-state index in [4.69, 9.17) is 11.6 Å². The molecule has 2 fully saturated rings. The molecule has 4 N–H and O–H groups in total. The highest BCUT2D eigenvalue weighted by Gasteiger charge is 2.55. The average Bonchev–Trinajstić information content (AvgIpc) is 3.27. The molecule has 1 saturated heterocycles. The van der Waals surface area contributed by atoms with Gasteiger partial charge in [-0.15, -0.1) is 0 Å². The Bertz CT molecular complexity index is 1200. The highest BCUT2D eigenvalue weighted by Crippen LogP contribution is 2.55. The molecule has 8 nitrogen and oxygen atoms in total. The topological polar surface area (TPSA) is 119 Å². The van der Waals surface area contributed by atoms with Crippen LogP contribution in [0.5, 0.6) is 5.75 Å². The Morgan fingerprint density at radius 1 is 1.24 bits per heavy atom. The largest absolute Gasteiger partial charge is 0.508 e. The van der Waals surface area contributed by atoms with Crippen LogP contribution in [0.2, 0.25) is 5.02 Å². The third-order valence-electron chi connectivity index (χ3n) is 6.81. The summed E-state index contributed by atoms with van der Waals surface area (Å²) in [6, 6.07) is 10.5. The first kappa shape index (κ1) is 21.7. The number of aromatic amines is 1. The van der Waals surface area contributed by atoms with E-state index in [1.165, 1.54) is 12.1 Å². The Kier molecular flexibility index (Phi) is 5.50. The van der Waals surface area contributed by atoms with Gasteiger partial charge in [0.05, 0.1) is 30.3 Å². The summed E-state index contributed by atoms with van der Waals surface area (Å²) in [7, 11) is 0. The number of likely N-dealkylation sites (tertiary alicyclic amines) is 1. The summed E-state index contributed by atoms with van der Waals surface area (Å²) in [5, 5.41) is 30.8. The minimum absolute atomic E-state index is 0.0223. The van der Waals surface area contributed by atoms with E-state index in [0.29, 0.717) is 34.8 Å². The number of fused-ring (bicyclic) bond motifs is 1. The molecular weight excluding hydrogens is 444 g/mol. The number of hydrogen-bond acceptors (Lipinski definition) is 5. The molecule has 1 aromatic heterocycles. The Morgan fingerprint density at radius 3 is 2.70 bits per heavy atom. The van der Waals surface area contributed by atoms with Crippen molar-refractivity contribution in [2.75, 3.05) is 13.2 Å². The van der Waals surface area contributed by atoms with Gasteiger partial charge < -0.3 is 20.4 Å². The van der Waals surface area contributed by atoms with Gasteiger partial charge in [0.1, 0.15) is 11.8 Å². The quantitative estimate of drug-likeness (QED) is 0.443. The van der Waals surface area contributed by atoms with Gasteiger partial charge in [0.2, 0.25) is 11.8 Å². The number of halogens is 1. The Hall–Kier alpha value is -3.10. The van der Waals surface area contributed by atoms with Gasteiger partial charge in [-0.25, -0.2) is 0 Å². The maximum Gasteiger partial charge on any atom is 0.243 e. The number of nitrogens with zero attached hydrogens (tertiary/aromatic N) is 2. The van der Waals surface area contributed by atoms with Crippen molar-refractivity contribution in [3.05, 3.63) is 58.7 Å². The molecule has 2 amide bonds. The van der Waals surface area contributed by atoms with E-state index in [1.807, 2.05) is 6.07 Å². The molecule has 9 heteroatoms. The Morgan fingerprint density at radius 2 is 2.00 bits per heavy atom. The second-order valence-corrected chi connectivity index (χ2v) is 9.55. The number of carbonyl (C=O) groups excluding carboxylic acids is 2. The standard InChI is InChI=1S/C24H25ClN4O4/c25-15-3-6-17-18(9-15)27-28-19(17)10-22(32)29-13-24(7-8-24)11-21(29)23(33)26-20(12-30)14-1-4-16(31)5-2-14/h1-6,9,20-21,30-31H,7-8,10-13H2,(H,26,33)(H,27,28)/t20-,21+/m0/s1. The zero-order valence-corrected chi connectivity index (χ0v) is 18.7. The smallest absolute Gasteiger partial charge is 0.243 e. The summed E-state index contributed by atoms with van der Waals surface area (Å²) in [6.45, 7) is 0.274. The van der Waals surface area contributed by atoms with Gasteiger partial charge in [-0.05, 0) is 60.6 Å². The number of aromatic nitrogens is 2. The summed E-state index contributed by atoms with van der Waals surface area (Å²) in [4.78, 5) is 28.2. The van der Waals surface area contributed by atoms with E-state index in [-0.39, 0.29) is 36.0 Å². The van der Waals surface area contributed by atoms with E-state index in [0.717, 1.165) is 18.2 Å². The highest BCUT2D eigenvalue weighted by molar-refractivity contribution is 6.31. The number of aliphatic hydroxyl groups excluding tert-OH is 1. The number of rotatable bonds is 6. The summed E-state index contributed by atoms with van der Waals surface area (Å²) in [5.41, 5.74) is 2.09. The summed E-state index contributed by atoms with van der Waals surface area (Å²) in [5.74, 6) is -0.302. The second-order valence-electron chi connectivity index (χ2n) is 9.12. The van der Waals surface area contributed by atoms with Crippen LogP contribution in [0.3, 0.4) is 0 Å². The molecule has 172 valence electrons. The van der Waals surface area contributed by atoms with Crippen LogP contribution in [0.15, 0.2) is 42.5 Å². The first-order chi connectivity index (χ1) is 15.9. The number of carbonyl (C=O) groups is 2. The first-order valence-corrected chi connectivity index (χ1v) is 11.4. The lowest BCUT2D eigenvalue weighted by Crippen LogP contribution is -2.47. The van der Waals surface area contributed by atoms with Crippen molar-refractivity contribution < 1.29 is 19.8 Å². The molecule has 33 heavy (non-hydrogen) atoms. The van der Waals surface area contributed by atoms with Gasteiger partial charge in [-0.3, -0.25) is 14.7 Å². The fourth-order valence-corrected chi connectivity index (χ4v) is 4.89. The molecule has 0 radical (unpaired) electrons. The minimum Gasteiger partial charge on any atom is -0.508 e. The molecule has 3 aromatic rings. The monoisotopic (exact) mass is 468 g/mol. The third kappa shape index (κ3) is 4.28. The molecule has 0 unspecified atom stereocenters. The summed E-state index contributed by atoms with van der Waals surface area (Å²) in [6.07, 6.45) is 2.75. The van der Waals surface area contributed by atoms with Crippen molar-refractivity contribution in [2.24, 2.45) is 5.41 Å². The van der Waals surface area contributed by atoms with E-state index in [1.54, 1.807) is 29.2 Å². The zero-order valence-electron chi connectivity index (χ0n) is 17.9. The van der Waals surface area contributed by atoms with Crippen molar-refractivity contribution >= 4 is 34.3 Å². The van der Waals surface area contributed by atoms with Gasteiger partial charge in [0.25, 0.3) is 0 Å². The minimum atomic E-state index is -0.618. The molecule has 1 aliphatic heterocycles. The number of nitrogens with one attached hydrogen (secondary N) is 2. The maximum atomic E-state index is 13.3. The lowest BCUT2D eigenvalue weighted by atomic mass is 10.0. The zero-order chi connectivity index (χ0) is 23.2. The SMILES string of the molecule is O=C(N[C@@H](CO)c1ccc(O)cc1)[C@H]1CC2(CC2)CN1C(=O)Cc1[nH]nc2cc(Cl)ccc12. The lowest BCUT2D eigenvalue weighted by Gasteiger charge is -2.26. The molecule has 2 aromatic carbocycles. The predicted molar refractivity (Wildman–Crippen MR) is 123 cm³/mol. The second kappa shape index (κ2) is 8.35. The molecule has 2 aliphatic rings. The van der Waals surface area contributed by atoms with Crippen LogP contribution in [-0.2, 0) is 16.0 Å². The van der Waals surface area contributed by atoms with Gasteiger partial charge >= 0.3 is 0 Å². The summed E-state index contributed by atoms with van der Waals surface area (Å²) < 4.78 is 0. The van der Waals surface area contributed by atoms with Crippen LogP contribution in [0, 0.1) is 5.41 Å². The third-order valence-corrected chi connectivity index (χ3v) is 7.04. The summed E-state index contributed by atoms with van der Waals surface area (Å²) >= 11 is 6.03. The normalized spacial score (nSPS) is 19.7. The highest BCUT2D eigenvalue weighted by atomic mass is 35.5. The van der Waals surface area contributed by atoms with Crippen molar-refractivity contribution in [1.82, 2.24) is 20.4 Å². The molecule has 5 rings (SSSR count). The van der Waals surface area contributed by atoms with Crippen LogP contribution in [-0.4, -0.2) is 56.3 Å². The number of benzene rings is 2. The van der Waals surface area contributed by atoms with E-state index < -0.39 is 12.1 Å². The van der Waals surface area contributed by atoms with Gasteiger partial charge in [-0.1, -0.05) is 23.7 Å². The van der Waals surface area contributed by atoms with Crippen LogP contribution >= 0.6 is 11.6 Å². The molecule has 1 aliphatic carbocycles. The Balaban J connectivity index is 1.33. The predicted octanol–water partition coefficient (Wildman–Crippen LogP) is 2.70. The van der Waals surface area contributed by atoms with Crippen LogP contribution in [0.4, 0.5) is 0 Å². The van der Waals surface area contributed by atoms with E-state index >= 15 is 0 Å². The number of aliphatic hydroxyl groups is 1. The molecular formula is C24H25ClN4O4. The fourth-order valence-electron chi connectivity index (χ4n) is 4.73. The van der Waals surface area contributed by atoms with Gasteiger partial charge in [0.15, 0.2) is 0 Å². The number of hydrogen-bond donors (Lipinski definition) is 4. The average molecular weight is 469 g/mol. The maximum absolute atomic E-state index is 13.3. The molecule has 1 spiro atoms. The van der Waals surface area contributed by atoms with Crippen molar-refractivity contribution in [3.8, 4) is 5.75 Å². The fraction of sp³-hybridized carbons (Fsp3) is 0.375.